The fourth-order valence-corrected chi connectivity index (χ4v) is 1.85. The van der Waals surface area contributed by atoms with Crippen LogP contribution in [0.1, 0.15) is 53.3 Å². The summed E-state index contributed by atoms with van der Waals surface area (Å²) < 4.78 is 0. The minimum absolute atomic E-state index is 0. The Morgan fingerprint density at radius 1 is 1.20 bits per heavy atom. The van der Waals surface area contributed by atoms with E-state index in [0.717, 1.165) is 18.4 Å². The van der Waals surface area contributed by atoms with Gasteiger partial charge < -0.3 is 5.32 Å². The van der Waals surface area contributed by atoms with E-state index in [-0.39, 0.29) is 7.33 Å². The van der Waals surface area contributed by atoms with Gasteiger partial charge >= 0.3 is 0 Å². The molecule has 0 aromatic carbocycles. The lowest BCUT2D eigenvalue weighted by atomic mass is 10.1. The average molecular weight is 277 g/mol. The summed E-state index contributed by atoms with van der Waals surface area (Å²) in [5.74, 6) is -0.0134. The molecule has 114 valence electrons. The van der Waals surface area contributed by atoms with Gasteiger partial charge in [-0.1, -0.05) is 70.1 Å². The summed E-state index contributed by atoms with van der Waals surface area (Å²) in [5.41, 5.74) is 1.08. The zero-order chi connectivity index (χ0) is 15.1. The maximum atomic E-state index is 11.5. The Morgan fingerprint density at radius 2 is 1.95 bits per heavy atom. The van der Waals surface area contributed by atoms with Gasteiger partial charge in [0.05, 0.1) is 0 Å². The van der Waals surface area contributed by atoms with Crippen molar-refractivity contribution in [1.29, 1.82) is 0 Å². The lowest BCUT2D eigenvalue weighted by Gasteiger charge is -2.02. The van der Waals surface area contributed by atoms with Gasteiger partial charge in [-0.3, -0.25) is 4.79 Å². The van der Waals surface area contributed by atoms with E-state index >= 15 is 0 Å². The van der Waals surface area contributed by atoms with Crippen molar-refractivity contribution in [2.45, 2.75) is 51.9 Å². The van der Waals surface area contributed by atoms with Gasteiger partial charge in [0.25, 0.3) is 0 Å². The Bertz CT molecular complexity index is 345. The molecule has 0 rings (SSSR count). The van der Waals surface area contributed by atoms with Gasteiger partial charge in [-0.25, -0.2) is 0 Å². The van der Waals surface area contributed by atoms with Gasteiger partial charge in [0.1, 0.15) is 0 Å². The van der Waals surface area contributed by atoms with E-state index in [2.05, 4.69) is 25.4 Å². The standard InChI is InChI=1S/C18H29NO.H2/c1-4-7-8-9-10-11-12-14-18(20)19-16-15-17(6-3)13-5-2;/h5-6,12-14H,2-4,7-11,15-16H2,1H3,(H,19,20);1H/b14-12+,17-13+;. The van der Waals surface area contributed by atoms with Crippen molar-refractivity contribution in [3.63, 3.8) is 0 Å². The smallest absolute Gasteiger partial charge is 0.243 e. The highest BCUT2D eigenvalue weighted by molar-refractivity contribution is 5.87. The molecule has 1 amide bonds. The van der Waals surface area contributed by atoms with E-state index in [9.17, 15) is 4.79 Å². The zero-order valence-electron chi connectivity index (χ0n) is 12.9. The molecule has 0 aliphatic carbocycles. The molecule has 0 aliphatic rings. The molecule has 0 unspecified atom stereocenters. The van der Waals surface area contributed by atoms with Crippen molar-refractivity contribution in [2.24, 2.45) is 0 Å². The molecule has 2 heteroatoms. The molecule has 0 heterocycles. The van der Waals surface area contributed by atoms with E-state index in [1.54, 1.807) is 18.2 Å². The number of carbonyl (C=O) groups excluding carboxylic acids is 1. The van der Waals surface area contributed by atoms with Crippen molar-refractivity contribution in [3.8, 4) is 0 Å². The third-order valence-electron chi connectivity index (χ3n) is 3.05. The Hall–Kier alpha value is -1.57. The number of hydrogen-bond donors (Lipinski definition) is 1. The normalized spacial score (nSPS) is 11.6. The summed E-state index contributed by atoms with van der Waals surface area (Å²) in [4.78, 5) is 11.5. The van der Waals surface area contributed by atoms with Gasteiger partial charge in [0.2, 0.25) is 5.91 Å². The second kappa shape index (κ2) is 13.9. The van der Waals surface area contributed by atoms with Crippen molar-refractivity contribution >= 4 is 5.91 Å². The van der Waals surface area contributed by atoms with E-state index in [1.165, 1.54) is 32.1 Å². The van der Waals surface area contributed by atoms with Gasteiger partial charge in [0.15, 0.2) is 0 Å². The first-order chi connectivity index (χ1) is 9.74. The molecule has 20 heavy (non-hydrogen) atoms. The number of amides is 1. The van der Waals surface area contributed by atoms with Gasteiger partial charge in [-0.15, -0.1) is 0 Å². The lowest BCUT2D eigenvalue weighted by molar-refractivity contribution is -0.116. The van der Waals surface area contributed by atoms with Crippen LogP contribution in [0, 0.1) is 0 Å². The topological polar surface area (TPSA) is 29.1 Å². The second-order valence-corrected chi connectivity index (χ2v) is 4.83. The van der Waals surface area contributed by atoms with Crippen LogP contribution in [0.2, 0.25) is 0 Å². The van der Waals surface area contributed by atoms with Crippen LogP contribution in [0.15, 0.2) is 49.1 Å². The first kappa shape index (κ1) is 18.4. The molecule has 0 aromatic heterocycles. The van der Waals surface area contributed by atoms with Crippen molar-refractivity contribution in [3.05, 3.63) is 49.1 Å². The number of nitrogens with one attached hydrogen (secondary N) is 1. The van der Waals surface area contributed by atoms with Crippen LogP contribution in [0.5, 0.6) is 0 Å². The van der Waals surface area contributed by atoms with Crippen molar-refractivity contribution in [1.82, 2.24) is 5.32 Å². The van der Waals surface area contributed by atoms with Crippen LogP contribution in [0.3, 0.4) is 0 Å². The van der Waals surface area contributed by atoms with E-state index in [4.69, 9.17) is 0 Å². The molecular weight excluding hydrogens is 246 g/mol. The van der Waals surface area contributed by atoms with Crippen molar-refractivity contribution in [2.75, 3.05) is 6.54 Å². The predicted octanol–water partition coefficient (Wildman–Crippen LogP) is 4.95. The monoisotopic (exact) mass is 277 g/mol. The van der Waals surface area contributed by atoms with Crippen LogP contribution in [0.4, 0.5) is 0 Å². The Labute approximate surface area is 125 Å². The number of rotatable bonds is 12. The maximum absolute atomic E-state index is 11.5. The van der Waals surface area contributed by atoms with Crippen LogP contribution in [0.25, 0.3) is 0 Å². The van der Waals surface area contributed by atoms with Crippen molar-refractivity contribution < 1.29 is 6.22 Å². The second-order valence-electron chi connectivity index (χ2n) is 4.83. The Morgan fingerprint density at radius 3 is 2.60 bits per heavy atom. The lowest BCUT2D eigenvalue weighted by Crippen LogP contribution is -2.22. The molecule has 0 saturated heterocycles. The number of carbonyl (C=O) groups is 1. The minimum Gasteiger partial charge on any atom is -0.352 e. The van der Waals surface area contributed by atoms with Crippen LogP contribution in [-0.2, 0) is 4.79 Å². The van der Waals surface area contributed by atoms with E-state index < -0.39 is 0 Å². The van der Waals surface area contributed by atoms with Gasteiger partial charge in [-0.2, -0.15) is 0 Å². The molecule has 0 aliphatic heterocycles. The Balaban J connectivity index is 0. The van der Waals surface area contributed by atoms with E-state index in [0.29, 0.717) is 6.54 Å². The maximum Gasteiger partial charge on any atom is 0.243 e. The molecule has 0 fully saturated rings. The first-order valence-corrected chi connectivity index (χ1v) is 7.63. The highest BCUT2D eigenvalue weighted by Crippen LogP contribution is 2.05. The van der Waals surface area contributed by atoms with E-state index in [1.807, 2.05) is 12.2 Å². The average Bonchev–Trinajstić information content (AvgIpc) is 2.45. The summed E-state index contributed by atoms with van der Waals surface area (Å²) in [6.45, 7) is 10.2. The SMILES string of the molecule is C=C/C=C(\C=C)CCNC(=O)/C=C/CCCCCCC.[HH]. The highest BCUT2D eigenvalue weighted by atomic mass is 16.1. The zero-order valence-corrected chi connectivity index (χ0v) is 12.9. The third-order valence-corrected chi connectivity index (χ3v) is 3.05. The number of hydrogen-bond acceptors (Lipinski definition) is 1. The van der Waals surface area contributed by atoms with Gasteiger partial charge in [-0.05, 0) is 30.9 Å². The summed E-state index contributed by atoms with van der Waals surface area (Å²) >= 11 is 0. The molecule has 0 aromatic rings. The fourth-order valence-electron chi connectivity index (χ4n) is 1.85. The molecule has 2 nitrogen and oxygen atoms in total. The highest BCUT2D eigenvalue weighted by Gasteiger charge is 1.95. The molecule has 0 bridgehead atoms. The molecular formula is C18H31NO. The first-order valence-electron chi connectivity index (χ1n) is 7.63. The molecule has 0 atom stereocenters. The summed E-state index contributed by atoms with van der Waals surface area (Å²) in [5, 5.41) is 2.87. The van der Waals surface area contributed by atoms with Gasteiger partial charge in [0, 0.05) is 7.97 Å². The summed E-state index contributed by atoms with van der Waals surface area (Å²) in [7, 11) is 0. The third kappa shape index (κ3) is 11.5. The fraction of sp³-hybridized carbons (Fsp3) is 0.500. The molecule has 0 spiro atoms. The molecule has 0 radical (unpaired) electrons. The molecule has 0 saturated carbocycles. The quantitative estimate of drug-likeness (QED) is 0.305. The largest absolute Gasteiger partial charge is 0.352 e. The molecule has 1 N–H and O–H groups in total. The van der Waals surface area contributed by atoms with Crippen LogP contribution >= 0.6 is 0 Å². The van der Waals surface area contributed by atoms with Crippen LogP contribution in [-0.4, -0.2) is 12.5 Å². The number of unbranched alkanes of at least 4 members (excludes halogenated alkanes) is 5. The number of allylic oxidation sites excluding steroid dienone is 4. The summed E-state index contributed by atoms with van der Waals surface area (Å²) in [6.07, 6.45) is 17.1. The minimum atomic E-state index is -0.0134. The predicted molar refractivity (Wildman–Crippen MR) is 90.7 cm³/mol. The summed E-state index contributed by atoms with van der Waals surface area (Å²) in [6, 6.07) is 0. The Kier molecular flexibility index (Phi) is 12.8. The van der Waals surface area contributed by atoms with Crippen LogP contribution < -0.4 is 5.32 Å².